The van der Waals surface area contributed by atoms with Crippen LogP contribution < -0.4 is 10.1 Å². The van der Waals surface area contributed by atoms with E-state index in [1.54, 1.807) is 38.1 Å². The SMILES string of the molecule is C#C[C@@](C)(CC)NC(=O)c1cnn2c(C(F)(F)F)cc(-c3cccc(OC)c3)nc12. The van der Waals surface area contributed by atoms with E-state index in [2.05, 4.69) is 21.3 Å². The molecule has 6 nitrogen and oxygen atoms in total. The number of amides is 1. The lowest BCUT2D eigenvalue weighted by Crippen LogP contribution is -2.44. The van der Waals surface area contributed by atoms with Crippen molar-refractivity contribution in [3.8, 4) is 29.4 Å². The average molecular weight is 416 g/mol. The quantitative estimate of drug-likeness (QED) is 0.640. The van der Waals surface area contributed by atoms with Crippen molar-refractivity contribution in [2.24, 2.45) is 0 Å². The van der Waals surface area contributed by atoms with Crippen molar-refractivity contribution >= 4 is 11.6 Å². The van der Waals surface area contributed by atoms with Crippen LogP contribution in [0.1, 0.15) is 36.3 Å². The van der Waals surface area contributed by atoms with Crippen molar-refractivity contribution in [2.75, 3.05) is 7.11 Å². The lowest BCUT2D eigenvalue weighted by Gasteiger charge is -2.23. The number of fused-ring (bicyclic) bond motifs is 1. The molecular weight excluding hydrogens is 397 g/mol. The van der Waals surface area contributed by atoms with Crippen molar-refractivity contribution in [3.63, 3.8) is 0 Å². The van der Waals surface area contributed by atoms with E-state index in [1.807, 2.05) is 0 Å². The van der Waals surface area contributed by atoms with E-state index in [9.17, 15) is 18.0 Å². The van der Waals surface area contributed by atoms with Crippen molar-refractivity contribution in [3.05, 3.63) is 47.8 Å². The molecule has 0 radical (unpaired) electrons. The summed E-state index contributed by atoms with van der Waals surface area (Å²) >= 11 is 0. The third-order valence-corrected chi connectivity index (χ3v) is 4.79. The Kier molecular flexibility index (Phi) is 5.44. The molecule has 0 saturated heterocycles. The van der Waals surface area contributed by atoms with E-state index in [1.165, 1.54) is 7.11 Å². The van der Waals surface area contributed by atoms with Crippen molar-refractivity contribution in [1.29, 1.82) is 0 Å². The van der Waals surface area contributed by atoms with Crippen LogP contribution in [0, 0.1) is 12.3 Å². The summed E-state index contributed by atoms with van der Waals surface area (Å²) in [6.45, 7) is 3.43. The van der Waals surface area contributed by atoms with Gasteiger partial charge in [-0.05, 0) is 31.5 Å². The van der Waals surface area contributed by atoms with Gasteiger partial charge in [0.2, 0.25) is 0 Å². The number of methoxy groups -OCH3 is 1. The number of nitrogens with one attached hydrogen (secondary N) is 1. The lowest BCUT2D eigenvalue weighted by molar-refractivity contribution is -0.142. The minimum atomic E-state index is -4.72. The number of hydrogen-bond acceptors (Lipinski definition) is 4. The van der Waals surface area contributed by atoms with E-state index >= 15 is 0 Å². The highest BCUT2D eigenvalue weighted by molar-refractivity contribution is 6.00. The maximum absolute atomic E-state index is 13.7. The second-order valence-corrected chi connectivity index (χ2v) is 6.83. The summed E-state index contributed by atoms with van der Waals surface area (Å²) in [6.07, 6.45) is 2.25. The van der Waals surface area contributed by atoms with Gasteiger partial charge in [0.15, 0.2) is 11.3 Å². The lowest BCUT2D eigenvalue weighted by atomic mass is 10.00. The van der Waals surface area contributed by atoms with Crippen molar-refractivity contribution in [2.45, 2.75) is 32.0 Å². The van der Waals surface area contributed by atoms with Crippen LogP contribution >= 0.6 is 0 Å². The molecule has 0 unspecified atom stereocenters. The minimum Gasteiger partial charge on any atom is -0.497 e. The van der Waals surface area contributed by atoms with Gasteiger partial charge >= 0.3 is 6.18 Å². The van der Waals surface area contributed by atoms with Crippen LogP contribution in [0.25, 0.3) is 16.9 Å². The third-order valence-electron chi connectivity index (χ3n) is 4.79. The molecule has 1 N–H and O–H groups in total. The Hall–Kier alpha value is -3.54. The minimum absolute atomic E-state index is 0.0264. The zero-order valence-corrected chi connectivity index (χ0v) is 16.5. The molecule has 2 heterocycles. The Morgan fingerprint density at radius 3 is 2.67 bits per heavy atom. The second kappa shape index (κ2) is 7.71. The van der Waals surface area contributed by atoms with Crippen LogP contribution in [0.4, 0.5) is 13.2 Å². The van der Waals surface area contributed by atoms with E-state index in [4.69, 9.17) is 11.2 Å². The van der Waals surface area contributed by atoms with Gasteiger partial charge in [-0.2, -0.15) is 18.3 Å². The number of rotatable bonds is 5. The average Bonchev–Trinajstić information content (AvgIpc) is 3.16. The molecule has 0 aliphatic heterocycles. The van der Waals surface area contributed by atoms with Crippen LogP contribution in [0.2, 0.25) is 0 Å². The zero-order valence-electron chi connectivity index (χ0n) is 16.5. The number of aromatic nitrogens is 3. The number of ether oxygens (including phenoxy) is 1. The highest BCUT2D eigenvalue weighted by atomic mass is 19.4. The number of alkyl halides is 3. The normalized spacial score (nSPS) is 13.5. The fourth-order valence-electron chi connectivity index (χ4n) is 2.80. The fraction of sp³-hybridized carbons (Fsp3) is 0.286. The number of carbonyl (C=O) groups excluding carboxylic acids is 1. The van der Waals surface area contributed by atoms with Gasteiger partial charge in [-0.3, -0.25) is 4.79 Å². The van der Waals surface area contributed by atoms with Gasteiger partial charge in [-0.15, -0.1) is 6.42 Å². The number of halogens is 3. The van der Waals surface area contributed by atoms with Gasteiger partial charge in [-0.1, -0.05) is 25.0 Å². The molecule has 0 saturated carbocycles. The maximum Gasteiger partial charge on any atom is 0.433 e. The smallest absolute Gasteiger partial charge is 0.433 e. The van der Waals surface area contributed by atoms with Crippen LogP contribution in [0.3, 0.4) is 0 Å². The molecule has 1 atom stereocenters. The first-order chi connectivity index (χ1) is 14.1. The number of hydrogen-bond donors (Lipinski definition) is 1. The van der Waals surface area contributed by atoms with E-state index in [0.29, 0.717) is 22.2 Å². The summed E-state index contributed by atoms with van der Waals surface area (Å²) in [5, 5.41) is 6.41. The van der Waals surface area contributed by atoms with E-state index < -0.39 is 23.3 Å². The third kappa shape index (κ3) is 3.94. The number of benzene rings is 1. The monoisotopic (exact) mass is 416 g/mol. The van der Waals surface area contributed by atoms with Crippen molar-refractivity contribution in [1.82, 2.24) is 19.9 Å². The molecule has 0 spiro atoms. The molecule has 30 heavy (non-hydrogen) atoms. The summed E-state index contributed by atoms with van der Waals surface area (Å²) in [4.78, 5) is 17.1. The van der Waals surface area contributed by atoms with E-state index in [0.717, 1.165) is 12.3 Å². The molecule has 0 bridgehead atoms. The zero-order chi connectivity index (χ0) is 22.1. The molecule has 0 aliphatic rings. The Labute approximate surface area is 171 Å². The van der Waals surface area contributed by atoms with Gasteiger partial charge in [0.05, 0.1) is 24.5 Å². The predicted molar refractivity (Wildman–Crippen MR) is 105 cm³/mol. The van der Waals surface area contributed by atoms with Gasteiger partial charge in [-0.25, -0.2) is 9.50 Å². The van der Waals surface area contributed by atoms with Gasteiger partial charge in [0.25, 0.3) is 5.91 Å². The summed E-state index contributed by atoms with van der Waals surface area (Å²) in [5.41, 5.74) is -1.92. The van der Waals surface area contributed by atoms with Crippen LogP contribution in [-0.4, -0.2) is 33.2 Å². The highest BCUT2D eigenvalue weighted by Crippen LogP contribution is 2.33. The fourth-order valence-corrected chi connectivity index (χ4v) is 2.80. The first-order valence-electron chi connectivity index (χ1n) is 9.02. The molecule has 156 valence electrons. The number of nitrogens with zero attached hydrogens (tertiary/aromatic N) is 3. The highest BCUT2D eigenvalue weighted by Gasteiger charge is 2.36. The summed E-state index contributed by atoms with van der Waals surface area (Å²) < 4.78 is 46.9. The van der Waals surface area contributed by atoms with Crippen LogP contribution in [-0.2, 0) is 6.18 Å². The Morgan fingerprint density at radius 2 is 2.07 bits per heavy atom. The molecule has 0 fully saturated rings. The predicted octanol–water partition coefficient (Wildman–Crippen LogP) is 3.96. The molecular formula is C21H19F3N4O2. The summed E-state index contributed by atoms with van der Waals surface area (Å²) in [6, 6.07) is 7.34. The largest absolute Gasteiger partial charge is 0.497 e. The summed E-state index contributed by atoms with van der Waals surface area (Å²) in [7, 11) is 1.45. The molecule has 3 aromatic rings. The maximum atomic E-state index is 13.7. The molecule has 1 aromatic carbocycles. The standard InChI is InChI=1S/C21H19F3N4O2/c1-5-20(3,6-2)27-19(29)15-12-25-28-17(21(22,23)24)11-16(26-18(15)28)13-8-7-9-14(10-13)30-4/h1,7-12H,6H2,2-4H3,(H,27,29)/t20-/m0/s1. The summed E-state index contributed by atoms with van der Waals surface area (Å²) in [5.74, 6) is 2.28. The number of carbonyl (C=O) groups is 1. The van der Waals surface area contributed by atoms with E-state index in [-0.39, 0.29) is 16.9 Å². The first-order valence-corrected chi connectivity index (χ1v) is 9.02. The van der Waals surface area contributed by atoms with Crippen LogP contribution in [0.5, 0.6) is 5.75 Å². The molecule has 9 heteroatoms. The molecule has 3 rings (SSSR count). The Balaban J connectivity index is 2.20. The Morgan fingerprint density at radius 1 is 1.33 bits per heavy atom. The van der Waals surface area contributed by atoms with Crippen molar-refractivity contribution < 1.29 is 22.7 Å². The Bertz CT molecular complexity index is 1150. The van der Waals surface area contributed by atoms with Gasteiger partial charge < -0.3 is 10.1 Å². The van der Waals surface area contributed by atoms with Gasteiger partial charge in [0.1, 0.15) is 11.3 Å². The molecule has 1 amide bonds. The molecule has 0 aliphatic carbocycles. The van der Waals surface area contributed by atoms with Gasteiger partial charge in [0, 0.05) is 5.56 Å². The topological polar surface area (TPSA) is 68.5 Å². The number of terminal acetylenes is 1. The first kappa shape index (κ1) is 21.2. The van der Waals surface area contributed by atoms with Crippen LogP contribution in [0.15, 0.2) is 36.5 Å². The second-order valence-electron chi connectivity index (χ2n) is 6.83. The molecule has 2 aromatic heterocycles.